The first kappa shape index (κ1) is 9.52. The molecule has 1 heterocycles. The first-order valence-electron chi connectivity index (χ1n) is 4.38. The first-order chi connectivity index (χ1) is 6.81. The number of aromatic amines is 1. The molecule has 14 heavy (non-hydrogen) atoms. The van der Waals surface area contributed by atoms with Crippen molar-refractivity contribution in [3.05, 3.63) is 35.0 Å². The van der Waals surface area contributed by atoms with E-state index in [2.05, 4.69) is 15.9 Å². The smallest absolute Gasteiger partial charge is 0.0719 e. The van der Waals surface area contributed by atoms with Gasteiger partial charge in [-0.15, -0.1) is 0 Å². The maximum absolute atomic E-state index is 6.09. The van der Waals surface area contributed by atoms with Crippen molar-refractivity contribution in [3.63, 3.8) is 0 Å². The van der Waals surface area contributed by atoms with E-state index in [-0.39, 0.29) is 0 Å². The second-order valence-electron chi connectivity index (χ2n) is 3.14. The highest BCUT2D eigenvalue weighted by Crippen LogP contribution is 2.24. The fraction of sp³-hybridized carbons (Fsp3) is 0.200. The number of hydrogen-bond donors (Lipinski definition) is 2. The van der Waals surface area contributed by atoms with Crippen molar-refractivity contribution in [2.75, 3.05) is 6.61 Å². The molecule has 0 atom stereocenters. The van der Waals surface area contributed by atoms with E-state index in [1.165, 1.54) is 0 Å². The van der Waals surface area contributed by atoms with E-state index < -0.39 is 0 Å². The maximum Gasteiger partial charge on any atom is 0.0719 e. The Morgan fingerprint density at radius 2 is 2.29 bits per heavy atom. The van der Waals surface area contributed by atoms with Gasteiger partial charge in [0, 0.05) is 17.1 Å². The molecule has 0 unspecified atom stereocenters. The predicted octanol–water partition coefficient (Wildman–Crippen LogP) is 2.25. The molecule has 4 heteroatoms. The Bertz CT molecular complexity index is 439. The van der Waals surface area contributed by atoms with E-state index >= 15 is 0 Å². The van der Waals surface area contributed by atoms with Crippen LogP contribution in [-0.4, -0.2) is 11.6 Å². The first-order valence-corrected chi connectivity index (χ1v) is 4.76. The van der Waals surface area contributed by atoms with Crippen LogP contribution >= 0.6 is 11.6 Å². The molecule has 0 aliphatic heterocycles. The van der Waals surface area contributed by atoms with Gasteiger partial charge in [0.15, 0.2) is 0 Å². The highest BCUT2D eigenvalue weighted by Gasteiger charge is 2.02. The lowest BCUT2D eigenvalue weighted by molar-refractivity contribution is 0.141. The molecule has 0 bridgehead atoms. The average molecular weight is 211 g/mol. The minimum absolute atomic E-state index is 0.503. The molecule has 0 saturated heterocycles. The van der Waals surface area contributed by atoms with Gasteiger partial charge in [-0.05, 0) is 30.2 Å². The molecule has 0 fully saturated rings. The third-order valence-electron chi connectivity index (χ3n) is 2.19. The normalized spacial score (nSPS) is 11.0. The lowest BCUT2D eigenvalue weighted by Crippen LogP contribution is -2.03. The van der Waals surface area contributed by atoms with Crippen LogP contribution in [-0.2, 0) is 11.3 Å². The number of rotatable bonds is 3. The Kier molecular flexibility index (Phi) is 2.72. The van der Waals surface area contributed by atoms with Crippen molar-refractivity contribution in [3.8, 4) is 0 Å². The zero-order valence-electron chi connectivity index (χ0n) is 7.59. The second kappa shape index (κ2) is 4.00. The Labute approximate surface area is 86.8 Å². The zero-order chi connectivity index (χ0) is 9.97. The van der Waals surface area contributed by atoms with E-state index in [1.54, 1.807) is 0 Å². The molecule has 0 radical (unpaired) electrons. The summed E-state index contributed by atoms with van der Waals surface area (Å²) in [5.74, 6) is 4.97. The van der Waals surface area contributed by atoms with Gasteiger partial charge in [0.25, 0.3) is 0 Å². The summed E-state index contributed by atoms with van der Waals surface area (Å²) in [6, 6.07) is 5.96. The molecule has 0 amide bonds. The topological polar surface area (TPSA) is 51.0 Å². The van der Waals surface area contributed by atoms with Gasteiger partial charge in [-0.1, -0.05) is 11.6 Å². The molecule has 2 rings (SSSR count). The van der Waals surface area contributed by atoms with Crippen LogP contribution in [0.25, 0.3) is 10.9 Å². The van der Waals surface area contributed by atoms with Gasteiger partial charge in [0.2, 0.25) is 0 Å². The third-order valence-corrected chi connectivity index (χ3v) is 2.50. The molecule has 3 nitrogen and oxygen atoms in total. The van der Waals surface area contributed by atoms with Gasteiger partial charge < -0.3 is 9.82 Å². The summed E-state index contributed by atoms with van der Waals surface area (Å²) in [6.07, 6.45) is 2.64. The lowest BCUT2D eigenvalue weighted by atomic mass is 10.1. The Hall–Kier alpha value is -1.03. The van der Waals surface area contributed by atoms with Crippen molar-refractivity contribution in [1.82, 2.24) is 4.98 Å². The van der Waals surface area contributed by atoms with Crippen LogP contribution in [0.4, 0.5) is 0 Å². The molecule has 3 N–H and O–H groups in total. The molecule has 1 aromatic carbocycles. The molecule has 0 saturated carbocycles. The van der Waals surface area contributed by atoms with E-state index in [1.807, 2.05) is 18.3 Å². The fourth-order valence-corrected chi connectivity index (χ4v) is 1.80. The van der Waals surface area contributed by atoms with Crippen molar-refractivity contribution in [2.24, 2.45) is 5.90 Å². The summed E-state index contributed by atoms with van der Waals surface area (Å²) in [5, 5.41) is 1.81. The Morgan fingerprint density at radius 1 is 1.43 bits per heavy atom. The molecule has 0 spiro atoms. The van der Waals surface area contributed by atoms with Gasteiger partial charge in [0.1, 0.15) is 0 Å². The summed E-state index contributed by atoms with van der Waals surface area (Å²) in [7, 11) is 0. The number of halogens is 1. The Balaban J connectivity index is 2.38. The number of benzene rings is 1. The molecule has 0 aliphatic rings. The number of fused-ring (bicyclic) bond motifs is 1. The molecule has 1 aromatic heterocycles. The van der Waals surface area contributed by atoms with E-state index in [0.717, 1.165) is 27.9 Å². The summed E-state index contributed by atoms with van der Waals surface area (Å²) in [5.41, 5.74) is 2.17. The van der Waals surface area contributed by atoms with Crippen molar-refractivity contribution in [2.45, 2.75) is 6.42 Å². The average Bonchev–Trinajstić information content (AvgIpc) is 2.63. The largest absolute Gasteiger partial charge is 0.361 e. The molecule has 2 aromatic rings. The molecular formula is C10H11ClN2O. The van der Waals surface area contributed by atoms with Crippen molar-refractivity contribution >= 4 is 22.5 Å². The van der Waals surface area contributed by atoms with E-state index in [4.69, 9.17) is 17.5 Å². The minimum atomic E-state index is 0.503. The molecule has 0 aliphatic carbocycles. The van der Waals surface area contributed by atoms with Gasteiger partial charge in [-0.2, -0.15) is 0 Å². The summed E-state index contributed by atoms with van der Waals surface area (Å²) in [4.78, 5) is 7.65. The van der Waals surface area contributed by atoms with Crippen molar-refractivity contribution in [1.29, 1.82) is 0 Å². The van der Waals surface area contributed by atoms with Crippen LogP contribution in [0.3, 0.4) is 0 Å². The van der Waals surface area contributed by atoms with Crippen LogP contribution in [0.2, 0.25) is 5.02 Å². The quantitative estimate of drug-likeness (QED) is 0.764. The summed E-state index contributed by atoms with van der Waals surface area (Å²) >= 11 is 6.09. The minimum Gasteiger partial charge on any atom is -0.361 e. The Morgan fingerprint density at radius 3 is 3.07 bits per heavy atom. The van der Waals surface area contributed by atoms with Crippen LogP contribution < -0.4 is 5.90 Å². The third kappa shape index (κ3) is 1.75. The maximum atomic E-state index is 6.09. The molecule has 74 valence electrons. The van der Waals surface area contributed by atoms with Gasteiger partial charge in [0.05, 0.1) is 11.6 Å². The lowest BCUT2D eigenvalue weighted by Gasteiger charge is -2.02. The van der Waals surface area contributed by atoms with Crippen molar-refractivity contribution < 1.29 is 4.84 Å². The number of H-pyrrole nitrogens is 1. The number of nitrogens with one attached hydrogen (secondary N) is 1. The highest BCUT2D eigenvalue weighted by molar-refractivity contribution is 6.35. The molecular weight excluding hydrogens is 200 g/mol. The monoisotopic (exact) mass is 210 g/mol. The van der Waals surface area contributed by atoms with Gasteiger partial charge >= 0.3 is 0 Å². The number of nitrogens with two attached hydrogens (primary N) is 1. The zero-order valence-corrected chi connectivity index (χ0v) is 8.34. The van der Waals surface area contributed by atoms with Crippen LogP contribution in [0.5, 0.6) is 0 Å². The van der Waals surface area contributed by atoms with Crippen LogP contribution in [0.1, 0.15) is 5.56 Å². The second-order valence-corrected chi connectivity index (χ2v) is 3.54. The standard InChI is InChI=1S/C10H11ClN2O/c11-9-5-7(2-4-14-12)6-10-8(9)1-3-13-10/h1,3,5-6,13H,2,4,12H2. The number of aromatic nitrogens is 1. The van der Waals surface area contributed by atoms with Gasteiger partial charge in [-0.25, -0.2) is 5.90 Å². The number of hydrogen-bond acceptors (Lipinski definition) is 2. The highest BCUT2D eigenvalue weighted by atomic mass is 35.5. The fourth-order valence-electron chi connectivity index (χ4n) is 1.50. The SMILES string of the molecule is NOCCc1cc(Cl)c2cc[nH]c2c1. The van der Waals surface area contributed by atoms with Gasteiger partial charge in [-0.3, -0.25) is 0 Å². The van der Waals surface area contributed by atoms with E-state index in [0.29, 0.717) is 6.61 Å². The predicted molar refractivity (Wildman–Crippen MR) is 57.2 cm³/mol. The summed E-state index contributed by atoms with van der Waals surface area (Å²) < 4.78 is 0. The summed E-state index contributed by atoms with van der Waals surface area (Å²) in [6.45, 7) is 0.503. The van der Waals surface area contributed by atoms with E-state index in [9.17, 15) is 0 Å². The van der Waals surface area contributed by atoms with Crippen LogP contribution in [0, 0.1) is 0 Å². The van der Waals surface area contributed by atoms with Crippen LogP contribution in [0.15, 0.2) is 24.4 Å².